The molecule has 2 amide bonds. The molecule has 0 saturated heterocycles. The fourth-order valence-corrected chi connectivity index (χ4v) is 2.86. The van der Waals surface area contributed by atoms with Crippen LogP contribution in [-0.4, -0.2) is 11.8 Å². The summed E-state index contributed by atoms with van der Waals surface area (Å²) in [4.78, 5) is 23.9. The molecule has 0 bridgehead atoms. The van der Waals surface area contributed by atoms with E-state index in [4.69, 9.17) is 23.2 Å². The minimum atomic E-state index is -0.415. The molecule has 6 heteroatoms. The van der Waals surface area contributed by atoms with Gasteiger partial charge in [-0.25, -0.2) is 0 Å². The molecule has 0 heterocycles. The average Bonchev–Trinajstić information content (AvgIpc) is 2.54. The highest BCUT2D eigenvalue weighted by molar-refractivity contribution is 6.30. The van der Waals surface area contributed by atoms with E-state index in [2.05, 4.69) is 10.6 Å². The molecule has 25 heavy (non-hydrogen) atoms. The largest absolute Gasteiger partial charge is 0.350 e. The van der Waals surface area contributed by atoms with E-state index in [1.54, 1.807) is 30.3 Å². The van der Waals surface area contributed by atoms with Gasteiger partial charge in [0.1, 0.15) is 0 Å². The highest BCUT2D eigenvalue weighted by Crippen LogP contribution is 2.21. The minimum Gasteiger partial charge on any atom is -0.350 e. The summed E-state index contributed by atoms with van der Waals surface area (Å²) in [5.74, 6) is -0.364. The van der Waals surface area contributed by atoms with Crippen LogP contribution in [0.25, 0.3) is 0 Å². The summed E-state index contributed by atoms with van der Waals surface area (Å²) in [6, 6.07) is 13.8. The van der Waals surface area contributed by atoms with Gasteiger partial charge in [-0.05, 0) is 42.3 Å². The van der Waals surface area contributed by atoms with E-state index < -0.39 is 6.04 Å². The quantitative estimate of drug-likeness (QED) is 0.780. The molecule has 0 aliphatic heterocycles. The Morgan fingerprint density at radius 2 is 1.64 bits per heavy atom. The first kappa shape index (κ1) is 19.3. The molecule has 0 aliphatic rings. The Bertz CT molecular complexity index is 747. The number of hydrogen-bond acceptors (Lipinski definition) is 2. The third-order valence-corrected chi connectivity index (χ3v) is 4.25. The number of benzene rings is 2. The first-order valence-electron chi connectivity index (χ1n) is 7.92. The Labute approximate surface area is 157 Å². The monoisotopic (exact) mass is 378 g/mol. The van der Waals surface area contributed by atoms with Crippen molar-refractivity contribution in [2.24, 2.45) is 0 Å². The number of rotatable bonds is 6. The topological polar surface area (TPSA) is 58.2 Å². The Balaban J connectivity index is 2.06. The molecule has 132 valence electrons. The van der Waals surface area contributed by atoms with Crippen molar-refractivity contribution in [2.75, 3.05) is 0 Å². The van der Waals surface area contributed by atoms with Crippen LogP contribution in [0.5, 0.6) is 0 Å². The Hall–Kier alpha value is -2.04. The fourth-order valence-electron chi connectivity index (χ4n) is 2.54. The molecule has 0 spiro atoms. The lowest BCUT2D eigenvalue weighted by Crippen LogP contribution is -2.33. The van der Waals surface area contributed by atoms with Crippen molar-refractivity contribution in [3.8, 4) is 0 Å². The maximum absolute atomic E-state index is 12.4. The van der Waals surface area contributed by atoms with Crippen molar-refractivity contribution in [1.29, 1.82) is 0 Å². The van der Waals surface area contributed by atoms with Crippen molar-refractivity contribution in [2.45, 2.75) is 32.4 Å². The standard InChI is InChI=1S/C19H20Cl2N2O2/c1-12(15-4-3-5-17(21)10-15)22-19(25)11-18(23-13(2)24)14-6-8-16(20)9-7-14/h3-10,12,18H,11H2,1-2H3,(H,22,25)(H,23,24). The maximum Gasteiger partial charge on any atom is 0.222 e. The number of carbonyl (C=O) groups is 2. The highest BCUT2D eigenvalue weighted by atomic mass is 35.5. The molecule has 0 saturated carbocycles. The number of hydrogen-bond donors (Lipinski definition) is 2. The van der Waals surface area contributed by atoms with Gasteiger partial charge in [-0.15, -0.1) is 0 Å². The summed E-state index contributed by atoms with van der Waals surface area (Å²) < 4.78 is 0. The molecular formula is C19H20Cl2N2O2. The second kappa shape index (κ2) is 8.88. The number of halogens is 2. The summed E-state index contributed by atoms with van der Waals surface area (Å²) in [5, 5.41) is 6.96. The van der Waals surface area contributed by atoms with Gasteiger partial charge in [0.05, 0.1) is 18.5 Å². The van der Waals surface area contributed by atoms with Crippen molar-refractivity contribution >= 4 is 35.0 Å². The van der Waals surface area contributed by atoms with E-state index in [0.29, 0.717) is 10.0 Å². The van der Waals surface area contributed by atoms with Gasteiger partial charge in [-0.3, -0.25) is 9.59 Å². The molecule has 4 nitrogen and oxygen atoms in total. The van der Waals surface area contributed by atoms with E-state index in [1.807, 2.05) is 25.1 Å². The van der Waals surface area contributed by atoms with Crippen LogP contribution < -0.4 is 10.6 Å². The average molecular weight is 379 g/mol. The molecule has 0 fully saturated rings. The molecule has 2 aromatic carbocycles. The van der Waals surface area contributed by atoms with Gasteiger partial charge < -0.3 is 10.6 Å². The van der Waals surface area contributed by atoms with Gasteiger partial charge in [-0.1, -0.05) is 47.5 Å². The molecular weight excluding hydrogens is 359 g/mol. The molecule has 2 rings (SSSR count). The molecule has 0 aliphatic carbocycles. The van der Waals surface area contributed by atoms with Gasteiger partial charge in [0.15, 0.2) is 0 Å². The second-order valence-corrected chi connectivity index (χ2v) is 6.73. The van der Waals surface area contributed by atoms with Crippen molar-refractivity contribution in [1.82, 2.24) is 10.6 Å². The first-order valence-corrected chi connectivity index (χ1v) is 8.68. The Kier molecular flexibility index (Phi) is 6.85. The molecule has 2 N–H and O–H groups in total. The fraction of sp³-hybridized carbons (Fsp3) is 0.263. The van der Waals surface area contributed by atoms with E-state index in [1.165, 1.54) is 6.92 Å². The lowest BCUT2D eigenvalue weighted by atomic mass is 10.0. The molecule has 2 atom stereocenters. The van der Waals surface area contributed by atoms with Crippen molar-refractivity contribution in [3.05, 3.63) is 69.7 Å². The minimum absolute atomic E-state index is 0.131. The summed E-state index contributed by atoms with van der Waals surface area (Å²) in [7, 11) is 0. The van der Waals surface area contributed by atoms with E-state index in [-0.39, 0.29) is 24.3 Å². The Morgan fingerprint density at radius 1 is 0.960 bits per heavy atom. The third-order valence-electron chi connectivity index (χ3n) is 3.77. The summed E-state index contributed by atoms with van der Waals surface area (Å²) >= 11 is 11.9. The summed E-state index contributed by atoms with van der Waals surface area (Å²) in [5.41, 5.74) is 1.74. The van der Waals surface area contributed by atoms with Gasteiger partial charge in [0, 0.05) is 17.0 Å². The third kappa shape index (κ3) is 6.07. The summed E-state index contributed by atoms with van der Waals surface area (Å²) in [6.45, 7) is 3.31. The maximum atomic E-state index is 12.4. The molecule has 0 aromatic heterocycles. The number of nitrogens with one attached hydrogen (secondary N) is 2. The predicted octanol–water partition coefficient (Wildman–Crippen LogP) is 4.44. The smallest absolute Gasteiger partial charge is 0.222 e. The van der Waals surface area contributed by atoms with Crippen LogP contribution in [0.4, 0.5) is 0 Å². The van der Waals surface area contributed by atoms with Gasteiger partial charge in [0.25, 0.3) is 0 Å². The lowest BCUT2D eigenvalue weighted by molar-refractivity contribution is -0.123. The van der Waals surface area contributed by atoms with Gasteiger partial charge in [-0.2, -0.15) is 0 Å². The predicted molar refractivity (Wildman–Crippen MR) is 101 cm³/mol. The van der Waals surface area contributed by atoms with Crippen LogP contribution >= 0.6 is 23.2 Å². The lowest BCUT2D eigenvalue weighted by Gasteiger charge is -2.20. The zero-order valence-electron chi connectivity index (χ0n) is 14.1. The summed E-state index contributed by atoms with van der Waals surface area (Å²) in [6.07, 6.45) is 0.131. The van der Waals surface area contributed by atoms with E-state index >= 15 is 0 Å². The van der Waals surface area contributed by atoms with Crippen LogP contribution in [-0.2, 0) is 9.59 Å². The number of amides is 2. The zero-order chi connectivity index (χ0) is 18.4. The first-order chi connectivity index (χ1) is 11.8. The van der Waals surface area contributed by atoms with Gasteiger partial charge in [0.2, 0.25) is 11.8 Å². The number of carbonyl (C=O) groups excluding carboxylic acids is 2. The van der Waals surface area contributed by atoms with Gasteiger partial charge >= 0.3 is 0 Å². The van der Waals surface area contributed by atoms with E-state index in [9.17, 15) is 9.59 Å². The molecule has 0 radical (unpaired) electrons. The normalized spacial score (nSPS) is 13.0. The van der Waals surface area contributed by atoms with E-state index in [0.717, 1.165) is 11.1 Å². The van der Waals surface area contributed by atoms with Crippen molar-refractivity contribution < 1.29 is 9.59 Å². The van der Waals surface area contributed by atoms with Crippen LogP contribution in [0, 0.1) is 0 Å². The van der Waals surface area contributed by atoms with Crippen LogP contribution in [0.15, 0.2) is 48.5 Å². The van der Waals surface area contributed by atoms with Crippen LogP contribution in [0.2, 0.25) is 10.0 Å². The van der Waals surface area contributed by atoms with Crippen LogP contribution in [0.3, 0.4) is 0 Å². The zero-order valence-corrected chi connectivity index (χ0v) is 15.6. The Morgan fingerprint density at radius 3 is 2.24 bits per heavy atom. The second-order valence-electron chi connectivity index (χ2n) is 5.85. The van der Waals surface area contributed by atoms with Crippen LogP contribution in [0.1, 0.15) is 43.5 Å². The highest BCUT2D eigenvalue weighted by Gasteiger charge is 2.19. The SMILES string of the molecule is CC(=O)NC(CC(=O)NC(C)c1cccc(Cl)c1)c1ccc(Cl)cc1. The molecule has 2 aromatic rings. The van der Waals surface area contributed by atoms with Crippen molar-refractivity contribution in [3.63, 3.8) is 0 Å². The molecule has 2 unspecified atom stereocenters.